The van der Waals surface area contributed by atoms with Crippen LogP contribution in [0.15, 0.2) is 24.3 Å². The zero-order valence-corrected chi connectivity index (χ0v) is 6.47. The molecule has 0 fully saturated rings. The van der Waals surface area contributed by atoms with Crippen molar-refractivity contribution >= 4 is 11.6 Å². The fourth-order valence-corrected chi connectivity index (χ4v) is 0.965. The molecule has 0 saturated carbocycles. The van der Waals surface area contributed by atoms with E-state index >= 15 is 0 Å². The molecule has 0 unspecified atom stereocenters. The lowest BCUT2D eigenvalue weighted by Gasteiger charge is -2.02. The van der Waals surface area contributed by atoms with Crippen LogP contribution in [0.2, 0.25) is 5.02 Å². The molecule has 0 aliphatic carbocycles. The van der Waals surface area contributed by atoms with Crippen molar-refractivity contribution in [1.29, 1.82) is 0 Å². The number of aliphatic hydroxyl groups is 1. The molecule has 2 heteroatoms. The van der Waals surface area contributed by atoms with E-state index in [0.717, 1.165) is 5.56 Å². The van der Waals surface area contributed by atoms with Crippen LogP contribution in [0.5, 0.6) is 0 Å². The van der Waals surface area contributed by atoms with Gasteiger partial charge in [-0.05, 0) is 24.6 Å². The third-order valence-electron chi connectivity index (χ3n) is 1.33. The van der Waals surface area contributed by atoms with Crippen LogP contribution in [-0.2, 0) is 0 Å². The monoisotopic (exact) mass is 156 g/mol. The van der Waals surface area contributed by atoms with E-state index in [0.29, 0.717) is 5.02 Å². The first-order valence-corrected chi connectivity index (χ1v) is 3.51. The van der Waals surface area contributed by atoms with E-state index in [1.165, 1.54) is 0 Å². The maximum atomic E-state index is 9.09. The predicted molar refractivity (Wildman–Crippen MR) is 42.1 cm³/mol. The van der Waals surface area contributed by atoms with E-state index in [1.54, 1.807) is 19.1 Å². The summed E-state index contributed by atoms with van der Waals surface area (Å²) < 4.78 is 0. The molecular weight excluding hydrogens is 148 g/mol. The van der Waals surface area contributed by atoms with Gasteiger partial charge in [-0.2, -0.15) is 0 Å². The van der Waals surface area contributed by atoms with Gasteiger partial charge >= 0.3 is 0 Å². The Morgan fingerprint density at radius 2 is 2.20 bits per heavy atom. The number of rotatable bonds is 1. The number of aliphatic hydroxyl groups excluding tert-OH is 1. The Morgan fingerprint density at radius 1 is 1.50 bits per heavy atom. The van der Waals surface area contributed by atoms with Gasteiger partial charge < -0.3 is 5.11 Å². The van der Waals surface area contributed by atoms with Crippen molar-refractivity contribution in [1.82, 2.24) is 0 Å². The smallest absolute Gasteiger partial charge is 0.0762 e. The molecule has 0 aliphatic rings. The fraction of sp³-hybridized carbons (Fsp3) is 0.250. The van der Waals surface area contributed by atoms with E-state index in [2.05, 4.69) is 0 Å². The van der Waals surface area contributed by atoms with Crippen molar-refractivity contribution in [3.8, 4) is 0 Å². The van der Waals surface area contributed by atoms with E-state index in [4.69, 9.17) is 16.7 Å². The van der Waals surface area contributed by atoms with Crippen molar-refractivity contribution in [2.24, 2.45) is 0 Å². The summed E-state index contributed by atoms with van der Waals surface area (Å²) in [5.41, 5.74) is 0.854. The molecule has 10 heavy (non-hydrogen) atoms. The molecule has 0 radical (unpaired) electrons. The van der Waals surface area contributed by atoms with Crippen molar-refractivity contribution in [3.05, 3.63) is 34.9 Å². The summed E-state index contributed by atoms with van der Waals surface area (Å²) in [7, 11) is 0. The zero-order chi connectivity index (χ0) is 7.56. The van der Waals surface area contributed by atoms with Crippen LogP contribution >= 0.6 is 11.6 Å². The Labute approximate surface area is 65.3 Å². The maximum absolute atomic E-state index is 9.09. The Kier molecular flexibility index (Phi) is 2.30. The second kappa shape index (κ2) is 3.04. The molecule has 0 amide bonds. The fourth-order valence-electron chi connectivity index (χ4n) is 0.766. The van der Waals surface area contributed by atoms with Crippen LogP contribution in [-0.4, -0.2) is 5.11 Å². The maximum Gasteiger partial charge on any atom is 0.0762 e. The third-order valence-corrected chi connectivity index (χ3v) is 1.57. The quantitative estimate of drug-likeness (QED) is 0.662. The molecular formula is C8H9ClO. The highest BCUT2D eigenvalue weighted by molar-refractivity contribution is 6.30. The summed E-state index contributed by atoms with van der Waals surface area (Å²) >= 11 is 5.68. The molecule has 0 aliphatic heterocycles. The molecule has 1 rings (SSSR count). The van der Waals surface area contributed by atoms with Crippen molar-refractivity contribution in [2.75, 3.05) is 0 Å². The number of halogens is 1. The Balaban J connectivity index is 2.96. The van der Waals surface area contributed by atoms with Crippen LogP contribution in [0.4, 0.5) is 0 Å². The first kappa shape index (κ1) is 7.58. The van der Waals surface area contributed by atoms with Gasteiger partial charge in [-0.1, -0.05) is 23.7 Å². The first-order chi connectivity index (χ1) is 4.70. The molecule has 0 spiro atoms. The van der Waals surface area contributed by atoms with Crippen LogP contribution in [0.25, 0.3) is 0 Å². The molecule has 0 saturated heterocycles. The van der Waals surface area contributed by atoms with Gasteiger partial charge in [0, 0.05) is 5.02 Å². The van der Waals surface area contributed by atoms with Gasteiger partial charge in [0.05, 0.1) is 6.10 Å². The summed E-state index contributed by atoms with van der Waals surface area (Å²) in [5.74, 6) is 0. The summed E-state index contributed by atoms with van der Waals surface area (Å²) in [6.07, 6.45) is -0.432. The van der Waals surface area contributed by atoms with Crippen molar-refractivity contribution < 1.29 is 5.11 Å². The highest BCUT2D eigenvalue weighted by Gasteiger charge is 1.98. The Bertz CT molecular complexity index is 220. The Morgan fingerprint density at radius 3 is 2.60 bits per heavy atom. The average molecular weight is 157 g/mol. The lowest BCUT2D eigenvalue weighted by Crippen LogP contribution is -1.88. The van der Waals surface area contributed by atoms with Gasteiger partial charge in [-0.15, -0.1) is 0 Å². The van der Waals surface area contributed by atoms with Crippen LogP contribution in [0.1, 0.15) is 18.6 Å². The van der Waals surface area contributed by atoms with Gasteiger partial charge in [-0.3, -0.25) is 0 Å². The second-order valence-corrected chi connectivity index (χ2v) is 2.67. The van der Waals surface area contributed by atoms with Crippen molar-refractivity contribution in [2.45, 2.75) is 13.0 Å². The van der Waals surface area contributed by atoms with E-state index in [-0.39, 0.29) is 0 Å². The van der Waals surface area contributed by atoms with E-state index < -0.39 is 6.10 Å². The zero-order valence-electron chi connectivity index (χ0n) is 5.71. The van der Waals surface area contributed by atoms with Crippen LogP contribution in [0, 0.1) is 0 Å². The molecule has 1 aromatic rings. The van der Waals surface area contributed by atoms with Gasteiger partial charge in [-0.25, -0.2) is 0 Å². The minimum absolute atomic E-state index is 0.432. The number of benzene rings is 1. The molecule has 1 atom stereocenters. The summed E-state index contributed by atoms with van der Waals surface area (Å²) in [6, 6.07) is 7.21. The summed E-state index contributed by atoms with van der Waals surface area (Å²) in [6.45, 7) is 1.71. The lowest BCUT2D eigenvalue weighted by molar-refractivity contribution is 0.199. The minimum Gasteiger partial charge on any atom is -0.389 e. The van der Waals surface area contributed by atoms with Gasteiger partial charge in [0.1, 0.15) is 0 Å². The second-order valence-electron chi connectivity index (χ2n) is 2.23. The topological polar surface area (TPSA) is 20.2 Å². The SMILES string of the molecule is C[C@@H](O)c1cccc(Cl)c1. The minimum atomic E-state index is -0.432. The van der Waals surface area contributed by atoms with E-state index in [1.807, 2.05) is 12.1 Å². The summed E-state index contributed by atoms with van der Waals surface area (Å²) in [4.78, 5) is 0. The number of hydrogen-bond donors (Lipinski definition) is 1. The molecule has 0 bridgehead atoms. The normalized spacial score (nSPS) is 13.1. The average Bonchev–Trinajstić information content (AvgIpc) is 1.88. The predicted octanol–water partition coefficient (Wildman–Crippen LogP) is 2.39. The molecule has 0 aromatic heterocycles. The Hall–Kier alpha value is -0.530. The largest absolute Gasteiger partial charge is 0.389 e. The lowest BCUT2D eigenvalue weighted by atomic mass is 10.1. The van der Waals surface area contributed by atoms with Crippen molar-refractivity contribution in [3.63, 3.8) is 0 Å². The van der Waals surface area contributed by atoms with E-state index in [9.17, 15) is 0 Å². The first-order valence-electron chi connectivity index (χ1n) is 3.13. The molecule has 54 valence electrons. The molecule has 1 nitrogen and oxygen atoms in total. The van der Waals surface area contributed by atoms with Gasteiger partial charge in [0.25, 0.3) is 0 Å². The molecule has 1 N–H and O–H groups in total. The standard InChI is InChI=1S/C8H9ClO/c1-6(10)7-3-2-4-8(9)5-7/h2-6,10H,1H3/t6-/m1/s1. The number of hydrogen-bond acceptors (Lipinski definition) is 1. The van der Waals surface area contributed by atoms with Crippen LogP contribution < -0.4 is 0 Å². The summed E-state index contributed by atoms with van der Waals surface area (Å²) in [5, 5.41) is 9.75. The highest BCUT2D eigenvalue weighted by Crippen LogP contribution is 2.16. The molecule has 1 aromatic carbocycles. The van der Waals surface area contributed by atoms with Crippen LogP contribution in [0.3, 0.4) is 0 Å². The third kappa shape index (κ3) is 1.72. The molecule has 0 heterocycles. The van der Waals surface area contributed by atoms with Gasteiger partial charge in [0.15, 0.2) is 0 Å². The highest BCUT2D eigenvalue weighted by atomic mass is 35.5. The van der Waals surface area contributed by atoms with Gasteiger partial charge in [0.2, 0.25) is 0 Å².